The van der Waals surface area contributed by atoms with E-state index in [4.69, 9.17) is 16.5 Å². The number of benzene rings is 2. The first-order valence-corrected chi connectivity index (χ1v) is 10.4. The quantitative estimate of drug-likeness (QED) is 0.410. The summed E-state index contributed by atoms with van der Waals surface area (Å²) in [5.41, 5.74) is 18.0. The highest BCUT2D eigenvalue weighted by molar-refractivity contribution is 6.07. The zero-order valence-electron chi connectivity index (χ0n) is 19.0. The van der Waals surface area contributed by atoms with E-state index in [9.17, 15) is 9.18 Å². The second-order valence-electron chi connectivity index (χ2n) is 8.04. The molecule has 0 radical (unpaired) electrons. The third kappa shape index (κ3) is 6.74. The van der Waals surface area contributed by atoms with Crippen molar-refractivity contribution >= 4 is 36.4 Å². The van der Waals surface area contributed by atoms with Crippen molar-refractivity contribution in [2.24, 2.45) is 17.4 Å². The van der Waals surface area contributed by atoms with Gasteiger partial charge in [-0.1, -0.05) is 44.2 Å². The van der Waals surface area contributed by atoms with Gasteiger partial charge in [0.25, 0.3) is 5.91 Å². The van der Waals surface area contributed by atoms with Gasteiger partial charge in [-0.15, -0.1) is 24.8 Å². The monoisotopic (exact) mass is 492 g/mol. The largest absolute Gasteiger partial charge is 0.326 e. The topological polar surface area (TPSA) is 94.0 Å². The molecule has 3 aromatic rings. The normalized spacial score (nSPS) is 10.4. The summed E-state index contributed by atoms with van der Waals surface area (Å²) in [6, 6.07) is 13.5. The van der Waals surface area contributed by atoms with E-state index >= 15 is 0 Å². The van der Waals surface area contributed by atoms with E-state index in [2.05, 4.69) is 19.2 Å². The lowest BCUT2D eigenvalue weighted by atomic mass is 9.92. The first-order valence-electron chi connectivity index (χ1n) is 10.4. The number of aryl methyl sites for hydroxylation is 1. The number of carbonyl (C=O) groups is 1. The number of amides is 1. The Morgan fingerprint density at radius 1 is 1.06 bits per heavy atom. The smallest absolute Gasteiger partial charge is 0.255 e. The van der Waals surface area contributed by atoms with E-state index in [1.165, 1.54) is 18.2 Å². The van der Waals surface area contributed by atoms with Gasteiger partial charge in [0.15, 0.2) is 0 Å². The first kappa shape index (κ1) is 28.5. The van der Waals surface area contributed by atoms with Gasteiger partial charge in [0.05, 0.1) is 11.4 Å². The number of aromatic nitrogens is 1. The summed E-state index contributed by atoms with van der Waals surface area (Å²) in [4.78, 5) is 17.7. The molecule has 8 heteroatoms. The first-order chi connectivity index (χ1) is 14.8. The van der Waals surface area contributed by atoms with Gasteiger partial charge in [0, 0.05) is 29.9 Å². The Bertz CT molecular complexity index is 1090. The highest BCUT2D eigenvalue weighted by Crippen LogP contribution is 2.36. The molecule has 0 unspecified atom stereocenters. The Balaban J connectivity index is 0.00000272. The van der Waals surface area contributed by atoms with Gasteiger partial charge in [-0.2, -0.15) is 0 Å². The maximum atomic E-state index is 13.6. The van der Waals surface area contributed by atoms with Gasteiger partial charge in [-0.25, -0.2) is 4.39 Å². The van der Waals surface area contributed by atoms with Gasteiger partial charge in [0.2, 0.25) is 0 Å². The van der Waals surface area contributed by atoms with Gasteiger partial charge in [-0.05, 0) is 54.2 Å². The molecule has 3 rings (SSSR count). The maximum Gasteiger partial charge on any atom is 0.255 e. The molecule has 0 aliphatic heterocycles. The Hall–Kier alpha value is -2.51. The van der Waals surface area contributed by atoms with Crippen LogP contribution in [0.25, 0.3) is 11.1 Å². The molecule has 0 saturated carbocycles. The molecule has 0 spiro atoms. The van der Waals surface area contributed by atoms with E-state index in [0.29, 0.717) is 23.8 Å². The minimum atomic E-state index is -0.463. The van der Waals surface area contributed by atoms with Crippen LogP contribution in [0.1, 0.15) is 46.7 Å². The summed E-state index contributed by atoms with van der Waals surface area (Å²) >= 11 is 0. The minimum Gasteiger partial charge on any atom is -0.326 e. The molecule has 0 atom stereocenters. The average molecular weight is 493 g/mol. The number of nitrogens with one attached hydrogen (secondary N) is 1. The van der Waals surface area contributed by atoms with Crippen LogP contribution in [0.4, 0.5) is 10.1 Å². The van der Waals surface area contributed by atoms with E-state index in [0.717, 1.165) is 34.4 Å². The lowest BCUT2D eigenvalue weighted by Crippen LogP contribution is -2.18. The second-order valence-corrected chi connectivity index (χ2v) is 8.04. The van der Waals surface area contributed by atoms with Crippen molar-refractivity contribution in [2.75, 3.05) is 5.32 Å². The van der Waals surface area contributed by atoms with Crippen molar-refractivity contribution in [1.82, 2.24) is 4.98 Å². The van der Waals surface area contributed by atoms with Crippen molar-refractivity contribution in [3.05, 3.63) is 82.4 Å². The number of pyridine rings is 1. The number of anilines is 1. The molecule has 0 bridgehead atoms. The van der Waals surface area contributed by atoms with E-state index in [-0.39, 0.29) is 36.9 Å². The molecule has 1 amide bonds. The molecular formula is C25H31Cl2FN4O. The Morgan fingerprint density at radius 3 is 2.27 bits per heavy atom. The summed E-state index contributed by atoms with van der Waals surface area (Å²) in [6.45, 7) is 6.86. The third-order valence-corrected chi connectivity index (χ3v) is 5.17. The molecule has 5 nitrogen and oxygen atoms in total. The highest BCUT2D eigenvalue weighted by Gasteiger charge is 2.21. The van der Waals surface area contributed by atoms with Crippen molar-refractivity contribution in [3.8, 4) is 11.1 Å². The molecule has 0 aliphatic rings. The number of carbonyl (C=O) groups excluding carboxylic acids is 1. The highest BCUT2D eigenvalue weighted by atomic mass is 35.5. The molecule has 2 aromatic carbocycles. The molecule has 0 saturated heterocycles. The summed E-state index contributed by atoms with van der Waals surface area (Å²) < 4.78 is 13.6. The summed E-state index contributed by atoms with van der Waals surface area (Å²) in [6.07, 6.45) is 0.777. The Morgan fingerprint density at radius 2 is 1.73 bits per heavy atom. The van der Waals surface area contributed by atoms with E-state index in [1.54, 1.807) is 6.07 Å². The summed E-state index contributed by atoms with van der Waals surface area (Å²) in [7, 11) is 0. The summed E-state index contributed by atoms with van der Waals surface area (Å²) in [5, 5.41) is 2.96. The summed E-state index contributed by atoms with van der Waals surface area (Å²) in [5.74, 6) is -0.462. The molecule has 1 aromatic heterocycles. The molecule has 0 aliphatic carbocycles. The number of nitrogens with zero attached hydrogens (tertiary/aromatic N) is 1. The van der Waals surface area contributed by atoms with E-state index in [1.807, 2.05) is 31.2 Å². The number of rotatable bonds is 7. The number of hydrogen-bond donors (Lipinski definition) is 3. The van der Waals surface area contributed by atoms with Crippen LogP contribution in [0.15, 0.2) is 48.5 Å². The van der Waals surface area contributed by atoms with Crippen LogP contribution in [-0.4, -0.2) is 10.9 Å². The standard InChI is InChI=1S/C25H29FN4O.2ClH/c1-15(2)11-22-21(14-28)23(18-9-7-17(13-27)8-10-18)24(16(3)29-22)30-25(31)19-5-4-6-20(26)12-19;;/h4-10,12,15H,11,13-14,27-28H2,1-3H3,(H,30,31);2*1H. The second kappa shape index (κ2) is 12.7. The maximum absolute atomic E-state index is 13.6. The average Bonchev–Trinajstić information content (AvgIpc) is 2.75. The fourth-order valence-corrected chi connectivity index (χ4v) is 3.67. The molecule has 1 heterocycles. The predicted molar refractivity (Wildman–Crippen MR) is 138 cm³/mol. The van der Waals surface area contributed by atoms with Crippen molar-refractivity contribution in [2.45, 2.75) is 40.3 Å². The van der Waals surface area contributed by atoms with Gasteiger partial charge >= 0.3 is 0 Å². The Kier molecular flexibility index (Phi) is 10.9. The van der Waals surface area contributed by atoms with Crippen LogP contribution in [-0.2, 0) is 19.5 Å². The van der Waals surface area contributed by atoms with Crippen LogP contribution < -0.4 is 16.8 Å². The molecule has 178 valence electrons. The molecule has 0 fully saturated rings. The molecule has 33 heavy (non-hydrogen) atoms. The van der Waals surface area contributed by atoms with Gasteiger partial charge in [0.1, 0.15) is 5.82 Å². The lowest BCUT2D eigenvalue weighted by Gasteiger charge is -2.21. The van der Waals surface area contributed by atoms with Gasteiger partial charge < -0.3 is 16.8 Å². The number of nitrogens with two attached hydrogens (primary N) is 2. The van der Waals surface area contributed by atoms with Gasteiger partial charge in [-0.3, -0.25) is 9.78 Å². The fourth-order valence-electron chi connectivity index (χ4n) is 3.67. The predicted octanol–water partition coefficient (Wildman–Crippen LogP) is 5.41. The zero-order valence-corrected chi connectivity index (χ0v) is 20.7. The minimum absolute atomic E-state index is 0. The van der Waals surface area contributed by atoms with E-state index < -0.39 is 11.7 Å². The van der Waals surface area contributed by atoms with Crippen LogP contribution in [0.3, 0.4) is 0 Å². The zero-order chi connectivity index (χ0) is 22.5. The van der Waals surface area contributed by atoms with Crippen LogP contribution in [0.5, 0.6) is 0 Å². The third-order valence-electron chi connectivity index (χ3n) is 5.17. The van der Waals surface area contributed by atoms with Crippen LogP contribution in [0, 0.1) is 18.7 Å². The van der Waals surface area contributed by atoms with Crippen molar-refractivity contribution < 1.29 is 9.18 Å². The van der Waals surface area contributed by atoms with Crippen molar-refractivity contribution in [1.29, 1.82) is 0 Å². The fraction of sp³-hybridized carbons (Fsp3) is 0.280. The van der Waals surface area contributed by atoms with Crippen LogP contribution in [0.2, 0.25) is 0 Å². The van der Waals surface area contributed by atoms with Crippen molar-refractivity contribution in [3.63, 3.8) is 0 Å². The number of hydrogen-bond acceptors (Lipinski definition) is 4. The Labute approximate surface area is 207 Å². The number of halogens is 3. The van der Waals surface area contributed by atoms with Crippen LogP contribution >= 0.6 is 24.8 Å². The molecule has 5 N–H and O–H groups in total. The lowest BCUT2D eigenvalue weighted by molar-refractivity contribution is 0.102. The SMILES string of the molecule is Cc1nc(CC(C)C)c(CN)c(-c2ccc(CN)cc2)c1NC(=O)c1cccc(F)c1.Cl.Cl. The molecular weight excluding hydrogens is 462 g/mol.